The molecule has 2 unspecified atom stereocenters. The van der Waals surface area contributed by atoms with Crippen molar-refractivity contribution in [1.29, 1.82) is 0 Å². The predicted octanol–water partition coefficient (Wildman–Crippen LogP) is 12.6. The van der Waals surface area contributed by atoms with E-state index in [1.165, 1.54) is 64.2 Å². The highest BCUT2D eigenvalue weighted by Crippen LogP contribution is 2.14. The van der Waals surface area contributed by atoms with Gasteiger partial charge in [-0.05, 0) is 57.8 Å². The molecule has 0 bridgehead atoms. The summed E-state index contributed by atoms with van der Waals surface area (Å²) in [6, 6.07) is -0.620. The molecule has 2 atom stereocenters. The summed E-state index contributed by atoms with van der Waals surface area (Å²) < 4.78 is 17.3. The minimum absolute atomic E-state index is 0.0501. The minimum atomic E-state index is -0.881. The Hall–Kier alpha value is -2.97. The van der Waals surface area contributed by atoms with Crippen molar-refractivity contribution in [3.63, 3.8) is 0 Å². The van der Waals surface area contributed by atoms with E-state index in [1.54, 1.807) is 0 Å². The summed E-state index contributed by atoms with van der Waals surface area (Å²) in [5.74, 6) is -1.50. The zero-order valence-corrected chi connectivity index (χ0v) is 37.3. The van der Waals surface area contributed by atoms with E-state index in [0.29, 0.717) is 19.3 Å². The molecule has 0 radical (unpaired) electrons. The third kappa shape index (κ3) is 38.3. The second-order valence-corrected chi connectivity index (χ2v) is 16.3. The molecule has 328 valence electrons. The lowest BCUT2D eigenvalue weighted by Crippen LogP contribution is -2.50. The number of hydrogen-bond donors (Lipinski definition) is 1. The fraction of sp³-hybridized carbons (Fsp3) is 0.735. The molecule has 0 aliphatic heterocycles. The largest absolute Gasteiger partial charge is 0.477 e. The van der Waals surface area contributed by atoms with Crippen LogP contribution in [0.4, 0.5) is 0 Å². The number of unbranched alkanes of at least 4 members (excludes halogenated alkanes) is 16. The first-order valence-corrected chi connectivity index (χ1v) is 22.8. The number of hydrogen-bond acceptors (Lipinski definition) is 6. The van der Waals surface area contributed by atoms with Crippen molar-refractivity contribution >= 4 is 17.9 Å². The summed E-state index contributed by atoms with van der Waals surface area (Å²) in [5.41, 5.74) is 0. The van der Waals surface area contributed by atoms with Gasteiger partial charge in [-0.15, -0.1) is 0 Å². The van der Waals surface area contributed by atoms with Gasteiger partial charge in [-0.1, -0.05) is 164 Å². The second kappa shape index (κ2) is 39.8. The maximum atomic E-state index is 12.7. The topological polar surface area (TPSA) is 99.1 Å². The van der Waals surface area contributed by atoms with Crippen LogP contribution in [0.5, 0.6) is 0 Å². The molecular weight excluding hydrogens is 715 g/mol. The SMILES string of the molecule is CC/C=C/C/C=C/C/C=C/C/C=C/C/C=C/CCCCCCC(=O)OC(COCCC(C(=O)O)[N+](C)(C)C)COC(=O)CCCCCCCCCCCCCCC. The Morgan fingerprint density at radius 2 is 0.982 bits per heavy atom. The van der Waals surface area contributed by atoms with Gasteiger partial charge in [-0.25, -0.2) is 4.79 Å². The lowest BCUT2D eigenvalue weighted by molar-refractivity contribution is -0.887. The molecule has 0 saturated heterocycles. The number of carboxylic acid groups (broad SMARTS) is 1. The number of esters is 2. The van der Waals surface area contributed by atoms with Gasteiger partial charge < -0.3 is 23.8 Å². The zero-order valence-electron chi connectivity index (χ0n) is 37.3. The van der Waals surface area contributed by atoms with Crippen molar-refractivity contribution in [3.05, 3.63) is 60.8 Å². The van der Waals surface area contributed by atoms with Crippen LogP contribution in [0.2, 0.25) is 0 Å². The molecule has 0 aliphatic rings. The quantitative estimate of drug-likeness (QED) is 0.0285. The van der Waals surface area contributed by atoms with Crippen molar-refractivity contribution in [2.24, 2.45) is 0 Å². The Labute approximate surface area is 349 Å². The van der Waals surface area contributed by atoms with Crippen LogP contribution in [-0.4, -0.2) is 80.6 Å². The fourth-order valence-corrected chi connectivity index (χ4v) is 6.41. The minimum Gasteiger partial charge on any atom is -0.477 e. The van der Waals surface area contributed by atoms with E-state index in [1.807, 2.05) is 21.1 Å². The van der Waals surface area contributed by atoms with Crippen molar-refractivity contribution in [2.75, 3.05) is 41.0 Å². The predicted molar refractivity (Wildman–Crippen MR) is 238 cm³/mol. The summed E-state index contributed by atoms with van der Waals surface area (Å²) in [5, 5.41) is 9.62. The highest BCUT2D eigenvalue weighted by atomic mass is 16.6. The molecule has 8 heteroatoms. The number of likely N-dealkylation sites (N-methyl/N-ethyl adjacent to an activating group) is 1. The molecule has 0 heterocycles. The third-order valence-electron chi connectivity index (χ3n) is 9.93. The Morgan fingerprint density at radius 1 is 0.544 bits per heavy atom. The van der Waals surface area contributed by atoms with Gasteiger partial charge in [0.2, 0.25) is 0 Å². The molecule has 0 aromatic rings. The molecule has 1 N–H and O–H groups in total. The summed E-state index contributed by atoms with van der Waals surface area (Å²) in [6.45, 7) is 4.59. The molecule has 0 amide bonds. The first-order chi connectivity index (χ1) is 27.6. The highest BCUT2D eigenvalue weighted by molar-refractivity contribution is 5.72. The van der Waals surface area contributed by atoms with Crippen LogP contribution in [-0.2, 0) is 28.6 Å². The fourth-order valence-electron chi connectivity index (χ4n) is 6.41. The summed E-state index contributed by atoms with van der Waals surface area (Å²) in [7, 11) is 5.51. The van der Waals surface area contributed by atoms with Crippen LogP contribution >= 0.6 is 0 Å². The third-order valence-corrected chi connectivity index (χ3v) is 9.93. The van der Waals surface area contributed by atoms with Crippen LogP contribution in [0, 0.1) is 0 Å². The average Bonchev–Trinajstić information content (AvgIpc) is 3.17. The average molecular weight is 801 g/mol. The van der Waals surface area contributed by atoms with Crippen molar-refractivity contribution < 1.29 is 38.2 Å². The van der Waals surface area contributed by atoms with Gasteiger partial charge in [0.1, 0.15) is 6.61 Å². The number of rotatable bonds is 40. The van der Waals surface area contributed by atoms with Gasteiger partial charge >= 0.3 is 17.9 Å². The van der Waals surface area contributed by atoms with E-state index in [9.17, 15) is 19.5 Å². The molecule has 0 aliphatic carbocycles. The number of allylic oxidation sites excluding steroid dienone is 10. The summed E-state index contributed by atoms with van der Waals surface area (Å²) in [4.78, 5) is 37.0. The molecule has 0 fully saturated rings. The summed E-state index contributed by atoms with van der Waals surface area (Å²) >= 11 is 0. The molecule has 8 nitrogen and oxygen atoms in total. The second-order valence-electron chi connectivity index (χ2n) is 16.3. The van der Waals surface area contributed by atoms with Crippen molar-refractivity contribution in [2.45, 2.75) is 193 Å². The highest BCUT2D eigenvalue weighted by Gasteiger charge is 2.31. The number of carboxylic acids is 1. The van der Waals surface area contributed by atoms with E-state index >= 15 is 0 Å². The molecule has 57 heavy (non-hydrogen) atoms. The van der Waals surface area contributed by atoms with Crippen molar-refractivity contribution in [1.82, 2.24) is 0 Å². The number of ether oxygens (including phenoxy) is 3. The van der Waals surface area contributed by atoms with E-state index in [4.69, 9.17) is 14.2 Å². The van der Waals surface area contributed by atoms with Crippen LogP contribution in [0.3, 0.4) is 0 Å². The normalized spacial score (nSPS) is 13.5. The van der Waals surface area contributed by atoms with E-state index in [0.717, 1.165) is 83.5 Å². The molecule has 0 aromatic carbocycles. The van der Waals surface area contributed by atoms with Gasteiger partial charge in [0, 0.05) is 19.3 Å². The van der Waals surface area contributed by atoms with Gasteiger partial charge in [0.15, 0.2) is 12.1 Å². The van der Waals surface area contributed by atoms with Gasteiger partial charge in [-0.3, -0.25) is 9.59 Å². The summed E-state index contributed by atoms with van der Waals surface area (Å²) in [6.07, 6.45) is 48.3. The monoisotopic (exact) mass is 801 g/mol. The molecule has 0 rings (SSSR count). The molecule has 0 spiro atoms. The van der Waals surface area contributed by atoms with E-state index in [-0.39, 0.29) is 36.2 Å². The number of carbonyl (C=O) groups is 3. The standard InChI is InChI=1S/C49H85NO7/c1-6-8-10-12-14-16-18-20-21-22-23-24-25-26-28-30-32-34-36-38-40-48(52)57-45(43-55-42-41-46(49(53)54)50(3,4)5)44-56-47(51)39-37-35-33-31-29-27-19-17-15-13-11-9-7-2/h8,10,14,16,20-21,23-24,26,28,45-46H,6-7,9,11-13,15,17-19,22,25,27,29-44H2,1-5H3/p+1/b10-8+,16-14+,21-20+,24-23+,28-26+. The van der Waals surface area contributed by atoms with Crippen LogP contribution in [0.1, 0.15) is 181 Å². The van der Waals surface area contributed by atoms with Crippen LogP contribution in [0.15, 0.2) is 60.8 Å². The number of nitrogens with zero attached hydrogens (tertiary/aromatic N) is 1. The lowest BCUT2D eigenvalue weighted by Gasteiger charge is -2.31. The Morgan fingerprint density at radius 3 is 1.46 bits per heavy atom. The maximum absolute atomic E-state index is 12.7. The van der Waals surface area contributed by atoms with Gasteiger partial charge in [-0.2, -0.15) is 0 Å². The van der Waals surface area contributed by atoms with Crippen LogP contribution < -0.4 is 0 Å². The molecule has 0 saturated carbocycles. The Bertz CT molecular complexity index is 1120. The Balaban J connectivity index is 4.38. The van der Waals surface area contributed by atoms with E-state index < -0.39 is 18.1 Å². The maximum Gasteiger partial charge on any atom is 0.362 e. The van der Waals surface area contributed by atoms with Crippen LogP contribution in [0.25, 0.3) is 0 Å². The number of carbonyl (C=O) groups excluding carboxylic acids is 2. The Kier molecular flexibility index (Phi) is 37.8. The number of quaternary nitrogens is 1. The lowest BCUT2D eigenvalue weighted by atomic mass is 10.0. The first kappa shape index (κ1) is 54.0. The molecular formula is C49H86NO7+. The smallest absolute Gasteiger partial charge is 0.362 e. The van der Waals surface area contributed by atoms with Gasteiger partial charge in [0.25, 0.3) is 0 Å². The molecule has 0 aromatic heterocycles. The number of aliphatic carboxylic acids is 1. The zero-order chi connectivity index (χ0) is 42.1. The van der Waals surface area contributed by atoms with Crippen molar-refractivity contribution in [3.8, 4) is 0 Å². The van der Waals surface area contributed by atoms with Gasteiger partial charge in [0.05, 0.1) is 34.4 Å². The van der Waals surface area contributed by atoms with E-state index in [2.05, 4.69) is 74.6 Å². The first-order valence-electron chi connectivity index (χ1n) is 22.8.